The molecule has 2 aliphatic rings. The Balaban J connectivity index is 1.66. The summed E-state index contributed by atoms with van der Waals surface area (Å²) >= 11 is 12.2. The van der Waals surface area contributed by atoms with Gasteiger partial charge in [-0.1, -0.05) is 29.3 Å². The summed E-state index contributed by atoms with van der Waals surface area (Å²) in [6, 6.07) is 5.60. The molecular formula is C15H18Cl2N2O2. The van der Waals surface area contributed by atoms with E-state index in [1.807, 2.05) is 0 Å². The van der Waals surface area contributed by atoms with Crippen molar-refractivity contribution < 1.29 is 9.53 Å². The van der Waals surface area contributed by atoms with Gasteiger partial charge >= 0.3 is 0 Å². The number of morpholine rings is 1. The van der Waals surface area contributed by atoms with Gasteiger partial charge < -0.3 is 10.1 Å². The highest BCUT2D eigenvalue weighted by molar-refractivity contribution is 6.39. The summed E-state index contributed by atoms with van der Waals surface area (Å²) in [6.45, 7) is 4.59. The number of amides is 1. The van der Waals surface area contributed by atoms with E-state index in [4.69, 9.17) is 27.9 Å². The molecular weight excluding hydrogens is 311 g/mol. The molecule has 2 heterocycles. The zero-order valence-corrected chi connectivity index (χ0v) is 13.3. The van der Waals surface area contributed by atoms with E-state index in [-0.39, 0.29) is 18.1 Å². The number of nitrogens with one attached hydrogen (secondary N) is 1. The van der Waals surface area contributed by atoms with Gasteiger partial charge in [0.1, 0.15) is 0 Å². The van der Waals surface area contributed by atoms with Crippen molar-refractivity contribution in [2.45, 2.75) is 31.5 Å². The highest BCUT2D eigenvalue weighted by Gasteiger charge is 2.37. The van der Waals surface area contributed by atoms with Gasteiger partial charge in [-0.2, -0.15) is 0 Å². The lowest BCUT2D eigenvalue weighted by Gasteiger charge is -2.33. The Labute approximate surface area is 134 Å². The van der Waals surface area contributed by atoms with Gasteiger partial charge in [-0.3, -0.25) is 9.69 Å². The maximum atomic E-state index is 12.4. The van der Waals surface area contributed by atoms with Gasteiger partial charge in [-0.25, -0.2) is 0 Å². The number of fused-ring (bicyclic) bond motifs is 1. The first-order valence-electron chi connectivity index (χ1n) is 7.15. The molecule has 3 rings (SSSR count). The summed E-state index contributed by atoms with van der Waals surface area (Å²) < 4.78 is 5.67. The van der Waals surface area contributed by atoms with E-state index in [0.29, 0.717) is 21.7 Å². The molecule has 21 heavy (non-hydrogen) atoms. The fraction of sp³-hybridized carbons (Fsp3) is 0.533. The average molecular weight is 329 g/mol. The van der Waals surface area contributed by atoms with Crippen molar-refractivity contribution in [1.82, 2.24) is 10.2 Å². The highest BCUT2D eigenvalue weighted by Crippen LogP contribution is 2.26. The smallest absolute Gasteiger partial charge is 0.254 e. The van der Waals surface area contributed by atoms with Crippen molar-refractivity contribution in [2.75, 3.05) is 19.7 Å². The van der Waals surface area contributed by atoms with Crippen molar-refractivity contribution >= 4 is 29.1 Å². The van der Waals surface area contributed by atoms with Gasteiger partial charge in [-0.15, -0.1) is 0 Å². The molecule has 4 nitrogen and oxygen atoms in total. The van der Waals surface area contributed by atoms with Crippen LogP contribution in [0.15, 0.2) is 18.2 Å². The van der Waals surface area contributed by atoms with Crippen molar-refractivity contribution in [3.8, 4) is 0 Å². The van der Waals surface area contributed by atoms with Gasteiger partial charge in [0.25, 0.3) is 5.91 Å². The molecule has 114 valence electrons. The van der Waals surface area contributed by atoms with Crippen LogP contribution in [0.1, 0.15) is 23.7 Å². The number of carbonyl (C=O) groups excluding carboxylic acids is 1. The topological polar surface area (TPSA) is 41.6 Å². The number of hydrogen-bond donors (Lipinski definition) is 1. The molecule has 1 amide bonds. The van der Waals surface area contributed by atoms with E-state index >= 15 is 0 Å². The number of nitrogens with zero attached hydrogens (tertiary/aromatic N) is 1. The molecule has 0 aromatic heterocycles. The fourth-order valence-electron chi connectivity index (χ4n) is 3.12. The molecule has 0 saturated carbocycles. The molecule has 0 bridgehead atoms. The van der Waals surface area contributed by atoms with Crippen LogP contribution < -0.4 is 5.32 Å². The lowest BCUT2D eigenvalue weighted by molar-refractivity contribution is -0.0390. The summed E-state index contributed by atoms with van der Waals surface area (Å²) in [5, 5.41) is 3.81. The van der Waals surface area contributed by atoms with E-state index in [1.54, 1.807) is 18.2 Å². The second-order valence-electron chi connectivity index (χ2n) is 5.75. The summed E-state index contributed by atoms with van der Waals surface area (Å²) in [7, 11) is 0. The Morgan fingerprint density at radius 2 is 2.05 bits per heavy atom. The maximum Gasteiger partial charge on any atom is 0.254 e. The third-order valence-electron chi connectivity index (χ3n) is 4.12. The van der Waals surface area contributed by atoms with Crippen LogP contribution >= 0.6 is 23.2 Å². The largest absolute Gasteiger partial charge is 0.376 e. The SMILES string of the molecule is C[C@@H]1CN2C[C@H](NC(=O)c3c(Cl)cccc3Cl)C[C@H]2CO1. The van der Waals surface area contributed by atoms with Crippen LogP contribution in [0.2, 0.25) is 10.0 Å². The number of ether oxygens (including phenoxy) is 1. The Morgan fingerprint density at radius 3 is 2.76 bits per heavy atom. The molecule has 2 aliphatic heterocycles. The zero-order chi connectivity index (χ0) is 15.0. The van der Waals surface area contributed by atoms with E-state index in [9.17, 15) is 4.79 Å². The Hall–Kier alpha value is -0.810. The van der Waals surface area contributed by atoms with Crippen molar-refractivity contribution in [3.05, 3.63) is 33.8 Å². The molecule has 1 N–H and O–H groups in total. The number of benzene rings is 1. The van der Waals surface area contributed by atoms with Gasteiger partial charge in [0.2, 0.25) is 0 Å². The number of halogens is 2. The second-order valence-corrected chi connectivity index (χ2v) is 6.57. The molecule has 3 atom stereocenters. The van der Waals surface area contributed by atoms with Crippen LogP contribution in [-0.4, -0.2) is 48.7 Å². The predicted octanol–water partition coefficient (Wildman–Crippen LogP) is 2.58. The van der Waals surface area contributed by atoms with Crippen LogP contribution in [0.4, 0.5) is 0 Å². The van der Waals surface area contributed by atoms with Crippen molar-refractivity contribution in [1.29, 1.82) is 0 Å². The second kappa shape index (κ2) is 6.13. The first-order valence-corrected chi connectivity index (χ1v) is 7.90. The molecule has 0 radical (unpaired) electrons. The fourth-order valence-corrected chi connectivity index (χ4v) is 3.69. The minimum atomic E-state index is -0.204. The third kappa shape index (κ3) is 3.19. The van der Waals surface area contributed by atoms with Crippen LogP contribution in [0.3, 0.4) is 0 Å². The Morgan fingerprint density at radius 1 is 1.33 bits per heavy atom. The molecule has 0 unspecified atom stereocenters. The minimum Gasteiger partial charge on any atom is -0.376 e. The quantitative estimate of drug-likeness (QED) is 0.907. The number of hydrogen-bond acceptors (Lipinski definition) is 3. The third-order valence-corrected chi connectivity index (χ3v) is 4.75. The normalized spacial score (nSPS) is 29.2. The summed E-state index contributed by atoms with van der Waals surface area (Å²) in [4.78, 5) is 14.8. The Kier molecular flexibility index (Phi) is 4.41. The van der Waals surface area contributed by atoms with E-state index < -0.39 is 0 Å². The van der Waals surface area contributed by atoms with Crippen LogP contribution in [0.25, 0.3) is 0 Å². The molecule has 0 aliphatic carbocycles. The zero-order valence-electron chi connectivity index (χ0n) is 11.8. The summed E-state index contributed by atoms with van der Waals surface area (Å²) in [5.74, 6) is -0.204. The average Bonchev–Trinajstić information content (AvgIpc) is 2.79. The van der Waals surface area contributed by atoms with Crippen LogP contribution in [-0.2, 0) is 4.74 Å². The standard InChI is InChI=1S/C15H18Cl2N2O2/c1-9-6-19-7-10(5-11(19)8-21-9)18-15(20)14-12(16)3-2-4-13(14)17/h2-4,9-11H,5-8H2,1H3,(H,18,20)/t9-,10-,11+/m1/s1. The van der Waals surface area contributed by atoms with Crippen molar-refractivity contribution in [2.24, 2.45) is 0 Å². The van der Waals surface area contributed by atoms with Gasteiger partial charge in [0.05, 0.1) is 28.3 Å². The lowest BCUT2D eigenvalue weighted by Crippen LogP contribution is -2.45. The predicted molar refractivity (Wildman–Crippen MR) is 83.1 cm³/mol. The molecule has 1 aromatic rings. The summed E-state index contributed by atoms with van der Waals surface area (Å²) in [6.07, 6.45) is 1.16. The Bertz CT molecular complexity index is 532. The number of rotatable bonds is 2. The molecule has 2 fully saturated rings. The minimum absolute atomic E-state index is 0.115. The van der Waals surface area contributed by atoms with Crippen LogP contribution in [0, 0.1) is 0 Å². The highest BCUT2D eigenvalue weighted by atomic mass is 35.5. The van der Waals surface area contributed by atoms with Crippen molar-refractivity contribution in [3.63, 3.8) is 0 Å². The lowest BCUT2D eigenvalue weighted by atomic mass is 10.1. The maximum absolute atomic E-state index is 12.4. The molecule has 6 heteroatoms. The molecule has 1 aromatic carbocycles. The van der Waals surface area contributed by atoms with Crippen LogP contribution in [0.5, 0.6) is 0 Å². The van der Waals surface area contributed by atoms with Gasteiger partial charge in [0, 0.05) is 25.2 Å². The molecule has 2 saturated heterocycles. The first kappa shape index (κ1) is 15.1. The van der Waals surface area contributed by atoms with Gasteiger partial charge in [0.15, 0.2) is 0 Å². The van der Waals surface area contributed by atoms with E-state index in [2.05, 4.69) is 17.1 Å². The van der Waals surface area contributed by atoms with Gasteiger partial charge in [-0.05, 0) is 25.5 Å². The van der Waals surface area contributed by atoms with E-state index in [1.165, 1.54) is 0 Å². The summed E-state index contributed by atoms with van der Waals surface area (Å²) in [5.41, 5.74) is 0.357. The monoisotopic (exact) mass is 328 g/mol. The van der Waals surface area contributed by atoms with E-state index in [0.717, 1.165) is 26.1 Å². The molecule has 0 spiro atoms. The number of carbonyl (C=O) groups is 1. The first-order chi connectivity index (χ1) is 10.0.